The van der Waals surface area contributed by atoms with Crippen LogP contribution in [0.4, 0.5) is 34.1 Å². The third kappa shape index (κ3) is 5.67. The van der Waals surface area contributed by atoms with Gasteiger partial charge < -0.3 is 14.4 Å². The molecule has 0 aliphatic rings. The molecule has 2 heterocycles. The molecule has 0 atom stereocenters. The Morgan fingerprint density at radius 1 is 0.393 bits per heavy atom. The van der Waals surface area contributed by atoms with Gasteiger partial charge in [-0.25, -0.2) is 4.68 Å². The van der Waals surface area contributed by atoms with E-state index in [2.05, 4.69) is 214 Å². The van der Waals surface area contributed by atoms with Gasteiger partial charge in [-0.15, -0.1) is 5.10 Å². The Morgan fingerprint density at radius 2 is 0.804 bits per heavy atom. The normalized spacial score (nSPS) is 11.4. The largest absolute Gasteiger partial charge is 0.310 e. The number of hydrogen-bond acceptors (Lipinski definition) is 4. The van der Waals surface area contributed by atoms with Crippen molar-refractivity contribution in [2.75, 3.05) is 9.80 Å². The first kappa shape index (κ1) is 33.2. The summed E-state index contributed by atoms with van der Waals surface area (Å²) in [5.41, 5.74) is 15.2. The van der Waals surface area contributed by atoms with Gasteiger partial charge in [0, 0.05) is 44.9 Å². The highest BCUT2D eigenvalue weighted by atomic mass is 15.4. The van der Waals surface area contributed by atoms with Crippen LogP contribution in [0.1, 0.15) is 11.1 Å². The zero-order chi connectivity index (χ0) is 37.6. The summed E-state index contributed by atoms with van der Waals surface area (Å²) < 4.78 is 4.38. The molecule has 0 spiro atoms. The van der Waals surface area contributed by atoms with Gasteiger partial charge in [-0.1, -0.05) is 90.1 Å². The molecular weight excluding hydrogens is 685 g/mol. The third-order valence-electron chi connectivity index (χ3n) is 10.6. The summed E-state index contributed by atoms with van der Waals surface area (Å²) >= 11 is 0. The van der Waals surface area contributed by atoms with Gasteiger partial charge >= 0.3 is 0 Å². The fraction of sp³-hybridized carbons (Fsp3) is 0.0400. The second-order valence-corrected chi connectivity index (χ2v) is 14.2. The minimum atomic E-state index is 0.876. The van der Waals surface area contributed by atoms with Crippen LogP contribution in [0.5, 0.6) is 0 Å². The standard InChI is InChI=1S/C50H38N6/c1-35-31-43(56-49-26-16-15-25-46(49)51-52-56)32-36(2)50(35)55-47-29-27-41(53(37-17-7-3-8-18-37)38-19-9-4-10-20-38)33-44(47)45-34-42(28-30-48(45)55)54(39-21-11-5-12-22-39)40-23-13-6-14-24-40/h3-34H,1-2H3. The number of hydrogen-bond donors (Lipinski definition) is 0. The monoisotopic (exact) mass is 722 g/mol. The molecule has 0 bridgehead atoms. The van der Waals surface area contributed by atoms with Crippen molar-refractivity contribution in [3.8, 4) is 11.4 Å². The summed E-state index contributed by atoms with van der Waals surface area (Å²) in [6.07, 6.45) is 0. The molecule has 0 unspecified atom stereocenters. The van der Waals surface area contributed by atoms with Crippen LogP contribution in [0.25, 0.3) is 44.2 Å². The Balaban J connectivity index is 1.22. The maximum absolute atomic E-state index is 4.54. The average Bonchev–Trinajstić information content (AvgIpc) is 3.82. The molecule has 10 aromatic rings. The molecular formula is C50H38N6. The fourth-order valence-electron chi connectivity index (χ4n) is 8.19. The molecule has 0 aliphatic carbocycles. The molecule has 0 saturated carbocycles. The number of nitrogens with zero attached hydrogens (tertiary/aromatic N) is 6. The highest BCUT2D eigenvalue weighted by molar-refractivity contribution is 6.12. The van der Waals surface area contributed by atoms with Gasteiger partial charge in [0.15, 0.2) is 0 Å². The number of para-hydroxylation sites is 5. The van der Waals surface area contributed by atoms with Crippen LogP contribution in [-0.2, 0) is 0 Å². The molecule has 10 rings (SSSR count). The maximum atomic E-state index is 4.54. The van der Waals surface area contributed by atoms with Crippen molar-refractivity contribution < 1.29 is 0 Å². The van der Waals surface area contributed by atoms with Crippen LogP contribution >= 0.6 is 0 Å². The molecule has 0 radical (unpaired) electrons. The molecule has 0 saturated heterocycles. The minimum absolute atomic E-state index is 0.876. The lowest BCUT2D eigenvalue weighted by Gasteiger charge is -2.26. The number of rotatable bonds is 8. The van der Waals surface area contributed by atoms with Crippen LogP contribution < -0.4 is 9.80 Å². The van der Waals surface area contributed by atoms with Gasteiger partial charge in [-0.3, -0.25) is 0 Å². The van der Waals surface area contributed by atoms with Gasteiger partial charge in [0.1, 0.15) is 5.52 Å². The first-order valence-electron chi connectivity index (χ1n) is 18.9. The van der Waals surface area contributed by atoms with E-state index in [-0.39, 0.29) is 0 Å². The Bertz CT molecular complexity index is 2750. The Labute approximate surface area is 325 Å². The summed E-state index contributed by atoms with van der Waals surface area (Å²) in [5, 5.41) is 11.3. The van der Waals surface area contributed by atoms with Gasteiger partial charge in [0.2, 0.25) is 0 Å². The topological polar surface area (TPSA) is 42.1 Å². The molecule has 56 heavy (non-hydrogen) atoms. The van der Waals surface area contributed by atoms with E-state index in [1.54, 1.807) is 0 Å². The molecule has 6 heteroatoms. The van der Waals surface area contributed by atoms with E-state index >= 15 is 0 Å². The van der Waals surface area contributed by atoms with E-state index in [4.69, 9.17) is 0 Å². The molecule has 0 fully saturated rings. The molecule has 8 aromatic carbocycles. The Hall–Kier alpha value is -7.44. The average molecular weight is 723 g/mol. The predicted octanol–water partition coefficient (Wildman–Crippen LogP) is 13.1. The second kappa shape index (κ2) is 13.8. The molecule has 0 aliphatic heterocycles. The molecule has 268 valence electrons. The number of benzene rings is 8. The van der Waals surface area contributed by atoms with Crippen LogP contribution in [0.15, 0.2) is 194 Å². The van der Waals surface area contributed by atoms with Crippen molar-refractivity contribution in [3.05, 3.63) is 205 Å². The van der Waals surface area contributed by atoms with Crippen molar-refractivity contribution in [2.45, 2.75) is 13.8 Å². The molecule has 0 N–H and O–H groups in total. The molecule has 2 aromatic heterocycles. The van der Waals surface area contributed by atoms with E-state index in [0.717, 1.165) is 78.7 Å². The minimum Gasteiger partial charge on any atom is -0.310 e. The number of fused-ring (bicyclic) bond motifs is 4. The number of anilines is 6. The van der Waals surface area contributed by atoms with Crippen LogP contribution in [-0.4, -0.2) is 19.6 Å². The summed E-state index contributed by atoms with van der Waals surface area (Å²) in [6.45, 7) is 4.40. The predicted molar refractivity (Wildman–Crippen MR) is 232 cm³/mol. The van der Waals surface area contributed by atoms with E-state index in [1.807, 2.05) is 22.9 Å². The lowest BCUT2D eigenvalue weighted by molar-refractivity contribution is 0.821. The Kier molecular flexibility index (Phi) is 8.15. The van der Waals surface area contributed by atoms with E-state index in [9.17, 15) is 0 Å². The van der Waals surface area contributed by atoms with E-state index < -0.39 is 0 Å². The van der Waals surface area contributed by atoms with Crippen LogP contribution in [0.3, 0.4) is 0 Å². The van der Waals surface area contributed by atoms with E-state index in [0.29, 0.717) is 0 Å². The lowest BCUT2D eigenvalue weighted by Crippen LogP contribution is -2.09. The summed E-state index contributed by atoms with van der Waals surface area (Å²) in [4.78, 5) is 4.67. The quantitative estimate of drug-likeness (QED) is 0.157. The highest BCUT2D eigenvalue weighted by Crippen LogP contribution is 2.43. The van der Waals surface area contributed by atoms with E-state index in [1.165, 1.54) is 10.8 Å². The van der Waals surface area contributed by atoms with Crippen LogP contribution in [0.2, 0.25) is 0 Å². The molecule has 0 amide bonds. The smallest absolute Gasteiger partial charge is 0.113 e. The zero-order valence-corrected chi connectivity index (χ0v) is 31.2. The number of aryl methyl sites for hydroxylation is 2. The SMILES string of the molecule is Cc1cc(-n2nnc3ccccc32)cc(C)c1-n1c2ccc(N(c3ccccc3)c3ccccc3)cc2c2cc(N(c3ccccc3)c3ccccc3)ccc21. The van der Waals surface area contributed by atoms with Crippen molar-refractivity contribution in [3.63, 3.8) is 0 Å². The fourth-order valence-corrected chi connectivity index (χ4v) is 8.19. The summed E-state index contributed by atoms with van der Waals surface area (Å²) in [5.74, 6) is 0. The highest BCUT2D eigenvalue weighted by Gasteiger charge is 2.22. The maximum Gasteiger partial charge on any atom is 0.113 e. The van der Waals surface area contributed by atoms with Crippen molar-refractivity contribution in [1.29, 1.82) is 0 Å². The van der Waals surface area contributed by atoms with Crippen molar-refractivity contribution in [1.82, 2.24) is 19.6 Å². The summed E-state index contributed by atoms with van der Waals surface area (Å²) in [6, 6.07) is 68.7. The van der Waals surface area contributed by atoms with Gasteiger partial charge in [0.05, 0.1) is 27.9 Å². The zero-order valence-electron chi connectivity index (χ0n) is 31.2. The third-order valence-corrected chi connectivity index (χ3v) is 10.6. The van der Waals surface area contributed by atoms with Crippen LogP contribution in [0, 0.1) is 13.8 Å². The first-order chi connectivity index (χ1) is 27.6. The van der Waals surface area contributed by atoms with Gasteiger partial charge in [0.25, 0.3) is 0 Å². The van der Waals surface area contributed by atoms with Gasteiger partial charge in [-0.05, 0) is 134 Å². The van der Waals surface area contributed by atoms with Crippen molar-refractivity contribution in [2.24, 2.45) is 0 Å². The first-order valence-corrected chi connectivity index (χ1v) is 18.9. The lowest BCUT2D eigenvalue weighted by atomic mass is 10.1. The van der Waals surface area contributed by atoms with Gasteiger partial charge in [-0.2, -0.15) is 0 Å². The Morgan fingerprint density at radius 3 is 1.25 bits per heavy atom. The number of aromatic nitrogens is 4. The molecule has 6 nitrogen and oxygen atoms in total. The second-order valence-electron chi connectivity index (χ2n) is 14.2. The van der Waals surface area contributed by atoms with Crippen molar-refractivity contribution >= 4 is 67.0 Å². The summed E-state index contributed by atoms with van der Waals surface area (Å²) in [7, 11) is 0.